The number of carbonyl (C=O) groups excluding carboxylic acids is 2. The number of hydrogen-bond donors (Lipinski definition) is 1. The number of para-hydroxylation sites is 1. The summed E-state index contributed by atoms with van der Waals surface area (Å²) in [5, 5.41) is 0. The van der Waals surface area contributed by atoms with Gasteiger partial charge in [0.2, 0.25) is 11.8 Å². The van der Waals surface area contributed by atoms with Gasteiger partial charge < -0.3 is 15.4 Å². The molecule has 0 spiro atoms. The van der Waals surface area contributed by atoms with Gasteiger partial charge in [0.05, 0.1) is 13.2 Å². The number of fused-ring (bicyclic) bond motifs is 1. The number of hydrogen-bond acceptors (Lipinski definition) is 5. The van der Waals surface area contributed by atoms with Crippen LogP contribution >= 0.6 is 0 Å². The third kappa shape index (κ3) is 5.62. The predicted octanol–water partition coefficient (Wildman–Crippen LogP) is 1.65. The lowest BCUT2D eigenvalue weighted by molar-refractivity contribution is -0.120. The Morgan fingerprint density at radius 2 is 1.74 bits per heavy atom. The van der Waals surface area contributed by atoms with Crippen LogP contribution in [0.3, 0.4) is 0 Å². The highest BCUT2D eigenvalue weighted by molar-refractivity contribution is 5.95. The van der Waals surface area contributed by atoms with Crippen molar-refractivity contribution < 1.29 is 14.3 Å². The largest absolute Gasteiger partial charge is 0.493 e. The molecule has 2 heterocycles. The number of nitrogens with zero attached hydrogens (tertiary/aromatic N) is 3. The highest BCUT2D eigenvalue weighted by Crippen LogP contribution is 2.26. The van der Waals surface area contributed by atoms with E-state index in [0.717, 1.165) is 57.2 Å². The van der Waals surface area contributed by atoms with Gasteiger partial charge in [-0.25, -0.2) is 0 Å². The summed E-state index contributed by atoms with van der Waals surface area (Å²) in [5.41, 5.74) is 8.73. The molecule has 4 rings (SSSR count). The average Bonchev–Trinajstić information content (AvgIpc) is 3.24. The Kier molecular flexibility index (Phi) is 6.84. The van der Waals surface area contributed by atoms with Crippen LogP contribution in [0.1, 0.15) is 17.5 Å². The number of piperazine rings is 1. The van der Waals surface area contributed by atoms with Crippen LogP contribution in [0, 0.1) is 0 Å². The molecule has 1 fully saturated rings. The Morgan fingerprint density at radius 1 is 1.00 bits per heavy atom. The maximum absolute atomic E-state index is 13.0. The number of primary amides is 1. The Morgan fingerprint density at radius 3 is 2.48 bits per heavy atom. The molecule has 2 aromatic carbocycles. The molecule has 31 heavy (non-hydrogen) atoms. The number of ether oxygens (including phenoxy) is 1. The summed E-state index contributed by atoms with van der Waals surface area (Å²) in [6.45, 7) is 5.89. The Labute approximate surface area is 183 Å². The van der Waals surface area contributed by atoms with E-state index in [2.05, 4.69) is 28.0 Å². The zero-order valence-corrected chi connectivity index (χ0v) is 17.8. The first kappa shape index (κ1) is 21.3. The number of carbonyl (C=O) groups is 2. The van der Waals surface area contributed by atoms with Crippen molar-refractivity contribution in [1.82, 2.24) is 9.80 Å². The molecule has 0 aliphatic carbocycles. The Hall–Kier alpha value is -2.90. The number of anilines is 1. The third-order valence-electron chi connectivity index (χ3n) is 5.93. The summed E-state index contributed by atoms with van der Waals surface area (Å²) in [6, 6.07) is 16.0. The summed E-state index contributed by atoms with van der Waals surface area (Å²) >= 11 is 0. The third-order valence-corrected chi connectivity index (χ3v) is 5.93. The van der Waals surface area contributed by atoms with Gasteiger partial charge in [0, 0.05) is 57.8 Å². The lowest BCUT2D eigenvalue weighted by atomic mass is 10.1. The summed E-state index contributed by atoms with van der Waals surface area (Å²) in [5.74, 6) is 0.617. The first-order valence-corrected chi connectivity index (χ1v) is 10.9. The van der Waals surface area contributed by atoms with E-state index in [4.69, 9.17) is 10.5 Å². The van der Waals surface area contributed by atoms with Crippen LogP contribution in [-0.4, -0.2) is 67.5 Å². The molecule has 2 N–H and O–H groups in total. The molecule has 7 nitrogen and oxygen atoms in total. The minimum atomic E-state index is -0.402. The molecule has 164 valence electrons. The normalized spacial score (nSPS) is 16.5. The molecule has 2 aliphatic heterocycles. The maximum atomic E-state index is 13.0. The first-order valence-electron chi connectivity index (χ1n) is 10.9. The van der Waals surface area contributed by atoms with E-state index in [9.17, 15) is 9.59 Å². The van der Waals surface area contributed by atoms with Gasteiger partial charge in [-0.05, 0) is 29.3 Å². The van der Waals surface area contributed by atoms with Crippen molar-refractivity contribution in [1.29, 1.82) is 0 Å². The summed E-state index contributed by atoms with van der Waals surface area (Å²) in [7, 11) is 0. The Balaban J connectivity index is 1.29. The highest BCUT2D eigenvalue weighted by atomic mass is 16.5. The number of nitrogens with two attached hydrogens (primary N) is 1. The van der Waals surface area contributed by atoms with Gasteiger partial charge >= 0.3 is 0 Å². The van der Waals surface area contributed by atoms with E-state index in [1.165, 1.54) is 11.1 Å². The van der Waals surface area contributed by atoms with Gasteiger partial charge in [-0.2, -0.15) is 0 Å². The zero-order chi connectivity index (χ0) is 21.6. The van der Waals surface area contributed by atoms with E-state index in [1.54, 1.807) is 4.90 Å². The van der Waals surface area contributed by atoms with Crippen molar-refractivity contribution in [3.63, 3.8) is 0 Å². The van der Waals surface area contributed by atoms with E-state index < -0.39 is 5.91 Å². The topological polar surface area (TPSA) is 79.1 Å². The van der Waals surface area contributed by atoms with Gasteiger partial charge in [-0.1, -0.05) is 30.3 Å². The van der Waals surface area contributed by atoms with E-state index in [-0.39, 0.29) is 12.3 Å². The minimum Gasteiger partial charge on any atom is -0.493 e. The van der Waals surface area contributed by atoms with Crippen LogP contribution in [0.15, 0.2) is 48.5 Å². The second-order valence-electron chi connectivity index (χ2n) is 8.19. The molecule has 0 atom stereocenters. The van der Waals surface area contributed by atoms with Crippen LogP contribution < -0.4 is 15.4 Å². The lowest BCUT2D eigenvalue weighted by Crippen LogP contribution is -2.50. The molecule has 0 bridgehead atoms. The van der Waals surface area contributed by atoms with Crippen LogP contribution in [0.25, 0.3) is 0 Å². The molecule has 7 heteroatoms. The smallest absolute Gasteiger partial charge is 0.241 e. The van der Waals surface area contributed by atoms with Crippen LogP contribution in [-0.2, 0) is 22.6 Å². The highest BCUT2D eigenvalue weighted by Gasteiger charge is 2.23. The molecule has 2 aliphatic rings. The molecule has 0 aromatic heterocycles. The summed E-state index contributed by atoms with van der Waals surface area (Å²) in [4.78, 5) is 30.6. The fraction of sp³-hybridized carbons (Fsp3) is 0.417. The molecular weight excluding hydrogens is 392 g/mol. The minimum absolute atomic E-state index is 0.000442. The predicted molar refractivity (Wildman–Crippen MR) is 120 cm³/mol. The average molecular weight is 423 g/mol. The number of amides is 2. The van der Waals surface area contributed by atoms with Gasteiger partial charge in [-0.15, -0.1) is 0 Å². The Bertz CT molecular complexity index is 910. The molecule has 1 saturated heterocycles. The number of benzene rings is 2. The monoisotopic (exact) mass is 422 g/mol. The van der Waals surface area contributed by atoms with Gasteiger partial charge in [0.25, 0.3) is 0 Å². The lowest BCUT2D eigenvalue weighted by Gasteiger charge is -2.35. The van der Waals surface area contributed by atoms with Gasteiger partial charge in [-0.3, -0.25) is 19.4 Å². The molecule has 0 radical (unpaired) electrons. The van der Waals surface area contributed by atoms with Gasteiger partial charge in [0.15, 0.2) is 0 Å². The summed E-state index contributed by atoms with van der Waals surface area (Å²) < 4.78 is 5.59. The zero-order valence-electron chi connectivity index (χ0n) is 17.8. The van der Waals surface area contributed by atoms with Crippen molar-refractivity contribution in [3.05, 3.63) is 59.7 Å². The van der Waals surface area contributed by atoms with Crippen LogP contribution in [0.2, 0.25) is 0 Å². The van der Waals surface area contributed by atoms with Crippen molar-refractivity contribution >= 4 is 17.5 Å². The second kappa shape index (κ2) is 9.94. The quantitative estimate of drug-likeness (QED) is 0.700. The van der Waals surface area contributed by atoms with E-state index >= 15 is 0 Å². The van der Waals surface area contributed by atoms with Crippen molar-refractivity contribution in [2.24, 2.45) is 5.73 Å². The maximum Gasteiger partial charge on any atom is 0.241 e. The van der Waals surface area contributed by atoms with E-state index in [0.29, 0.717) is 13.1 Å². The SMILES string of the molecule is NC(=O)CCN(C(=O)CN1CCN(Cc2ccc3c(c2)CCO3)CC1)c1ccccc1. The molecular formula is C24H30N4O3. The van der Waals surface area contributed by atoms with Crippen molar-refractivity contribution in [3.8, 4) is 5.75 Å². The van der Waals surface area contributed by atoms with E-state index in [1.807, 2.05) is 30.3 Å². The van der Waals surface area contributed by atoms with Gasteiger partial charge in [0.1, 0.15) is 5.75 Å². The van der Waals surface area contributed by atoms with Crippen LogP contribution in [0.4, 0.5) is 5.69 Å². The fourth-order valence-electron chi connectivity index (χ4n) is 4.21. The summed E-state index contributed by atoms with van der Waals surface area (Å²) in [6.07, 6.45) is 1.15. The molecule has 2 aromatic rings. The number of rotatable bonds is 8. The van der Waals surface area contributed by atoms with Crippen molar-refractivity contribution in [2.45, 2.75) is 19.4 Å². The first-order chi connectivity index (χ1) is 15.1. The molecule has 0 saturated carbocycles. The van der Waals surface area contributed by atoms with Crippen molar-refractivity contribution in [2.75, 3.05) is 50.8 Å². The molecule has 0 unspecified atom stereocenters. The second-order valence-corrected chi connectivity index (χ2v) is 8.19. The van der Waals surface area contributed by atoms with Crippen LogP contribution in [0.5, 0.6) is 5.75 Å². The fourth-order valence-corrected chi connectivity index (χ4v) is 4.21. The standard InChI is InChI=1S/C24H30N4O3/c25-23(29)8-10-28(21-4-2-1-3-5-21)24(30)18-27-13-11-26(12-14-27)17-19-6-7-22-20(16-19)9-15-31-22/h1-7,16H,8-15,17-18H2,(H2,25,29). The molecule has 2 amide bonds.